The van der Waals surface area contributed by atoms with E-state index in [0.717, 1.165) is 29.7 Å². The quantitative estimate of drug-likeness (QED) is 0.757. The highest BCUT2D eigenvalue weighted by Crippen LogP contribution is 2.43. The number of benzene rings is 2. The molecule has 2 aromatic carbocycles. The third-order valence-corrected chi connectivity index (χ3v) is 5.15. The van der Waals surface area contributed by atoms with Crippen molar-refractivity contribution in [1.82, 2.24) is 10.2 Å². The fourth-order valence-electron chi connectivity index (χ4n) is 3.50. The summed E-state index contributed by atoms with van der Waals surface area (Å²) in [5, 5.41) is 3.14. The Labute approximate surface area is 169 Å². The second kappa shape index (κ2) is 8.44. The zero-order valence-corrected chi connectivity index (χ0v) is 16.1. The number of amides is 2. The van der Waals surface area contributed by atoms with E-state index in [0.29, 0.717) is 31.4 Å². The van der Waals surface area contributed by atoms with E-state index in [1.807, 2.05) is 18.2 Å². The molecule has 0 radical (unpaired) electrons. The number of ether oxygens (including phenoxy) is 2. The van der Waals surface area contributed by atoms with Crippen LogP contribution in [0.4, 0.5) is 9.18 Å². The predicted molar refractivity (Wildman–Crippen MR) is 107 cm³/mol. The molecular weight excluding hydrogens is 371 g/mol. The van der Waals surface area contributed by atoms with Crippen molar-refractivity contribution >= 4 is 6.03 Å². The summed E-state index contributed by atoms with van der Waals surface area (Å²) in [6.45, 7) is 1.54. The summed E-state index contributed by atoms with van der Waals surface area (Å²) in [6, 6.07) is 11.5. The first-order valence-electron chi connectivity index (χ1n) is 9.77. The van der Waals surface area contributed by atoms with Crippen molar-refractivity contribution in [2.45, 2.75) is 25.4 Å². The lowest BCUT2D eigenvalue weighted by atomic mass is 10.0. The van der Waals surface area contributed by atoms with Gasteiger partial charge in [-0.15, -0.1) is 6.42 Å². The molecule has 4 rings (SSSR count). The van der Waals surface area contributed by atoms with Gasteiger partial charge in [-0.25, -0.2) is 9.18 Å². The molecule has 1 saturated carbocycles. The van der Waals surface area contributed by atoms with E-state index in [1.54, 1.807) is 17.0 Å². The first-order valence-corrected chi connectivity index (χ1v) is 9.77. The van der Waals surface area contributed by atoms with Gasteiger partial charge in [0.2, 0.25) is 0 Å². The van der Waals surface area contributed by atoms with Gasteiger partial charge in [0.1, 0.15) is 19.0 Å². The first-order chi connectivity index (χ1) is 14.1. The van der Waals surface area contributed by atoms with Crippen LogP contribution in [0.1, 0.15) is 30.0 Å². The minimum atomic E-state index is -0.311. The van der Waals surface area contributed by atoms with E-state index in [1.165, 1.54) is 12.1 Å². The maximum absolute atomic E-state index is 13.2. The highest BCUT2D eigenvalue weighted by atomic mass is 19.1. The van der Waals surface area contributed by atoms with Crippen molar-refractivity contribution in [3.8, 4) is 23.8 Å². The van der Waals surface area contributed by atoms with E-state index in [2.05, 4.69) is 11.2 Å². The van der Waals surface area contributed by atoms with Crippen LogP contribution >= 0.6 is 0 Å². The number of halogens is 1. The monoisotopic (exact) mass is 394 g/mol. The molecular formula is C23H23FN2O3. The van der Waals surface area contributed by atoms with Crippen LogP contribution in [0.3, 0.4) is 0 Å². The minimum Gasteiger partial charge on any atom is -0.486 e. The van der Waals surface area contributed by atoms with Gasteiger partial charge in [0.25, 0.3) is 0 Å². The van der Waals surface area contributed by atoms with Crippen LogP contribution in [-0.2, 0) is 6.54 Å². The van der Waals surface area contributed by atoms with Gasteiger partial charge in [0.15, 0.2) is 11.5 Å². The number of carbonyl (C=O) groups is 1. The van der Waals surface area contributed by atoms with Crippen molar-refractivity contribution in [2.24, 2.45) is 5.92 Å². The van der Waals surface area contributed by atoms with E-state index < -0.39 is 0 Å². The van der Waals surface area contributed by atoms with Crippen LogP contribution in [0, 0.1) is 24.1 Å². The van der Waals surface area contributed by atoms with Crippen LogP contribution in [0.15, 0.2) is 42.5 Å². The molecule has 0 spiro atoms. The summed E-state index contributed by atoms with van der Waals surface area (Å²) in [4.78, 5) is 14.6. The normalized spacial score (nSPS) is 15.9. The summed E-state index contributed by atoms with van der Waals surface area (Å²) in [5.41, 5.74) is 1.81. The SMILES string of the molecule is C#CCN(Cc1ccc(F)cc1)C(=O)NC(c1ccc2c(c1)OCCO2)C1CC1. The third-order valence-electron chi connectivity index (χ3n) is 5.15. The van der Waals surface area contributed by atoms with Crippen molar-refractivity contribution in [3.05, 3.63) is 59.4 Å². The Morgan fingerprint density at radius 3 is 2.59 bits per heavy atom. The molecule has 29 heavy (non-hydrogen) atoms. The third kappa shape index (κ3) is 4.62. The van der Waals surface area contributed by atoms with Gasteiger partial charge in [-0.1, -0.05) is 24.1 Å². The molecule has 2 aliphatic rings. The second-order valence-corrected chi connectivity index (χ2v) is 7.35. The van der Waals surface area contributed by atoms with E-state index in [9.17, 15) is 9.18 Å². The van der Waals surface area contributed by atoms with Crippen molar-refractivity contribution in [3.63, 3.8) is 0 Å². The Hall–Kier alpha value is -3.20. The van der Waals surface area contributed by atoms with Gasteiger partial charge in [-0.3, -0.25) is 0 Å². The molecule has 1 N–H and O–H groups in total. The van der Waals surface area contributed by atoms with Crippen LogP contribution in [0.2, 0.25) is 0 Å². The minimum absolute atomic E-state index is 0.119. The average molecular weight is 394 g/mol. The number of nitrogens with zero attached hydrogens (tertiary/aromatic N) is 1. The van der Waals surface area contributed by atoms with E-state index >= 15 is 0 Å². The number of nitrogens with one attached hydrogen (secondary N) is 1. The fourth-order valence-corrected chi connectivity index (χ4v) is 3.50. The van der Waals surface area contributed by atoms with E-state index in [4.69, 9.17) is 15.9 Å². The molecule has 1 aliphatic heterocycles. The highest BCUT2D eigenvalue weighted by molar-refractivity contribution is 5.75. The number of carbonyl (C=O) groups excluding carboxylic acids is 1. The topological polar surface area (TPSA) is 50.8 Å². The number of rotatable bonds is 6. The molecule has 1 fully saturated rings. The number of hydrogen-bond acceptors (Lipinski definition) is 3. The van der Waals surface area contributed by atoms with Gasteiger partial charge in [-0.2, -0.15) is 0 Å². The number of hydrogen-bond donors (Lipinski definition) is 1. The van der Waals surface area contributed by atoms with Gasteiger partial charge in [0, 0.05) is 6.54 Å². The fraction of sp³-hybridized carbons (Fsp3) is 0.348. The summed E-state index contributed by atoms with van der Waals surface area (Å²) in [7, 11) is 0. The van der Waals surface area contributed by atoms with Crippen molar-refractivity contribution in [1.29, 1.82) is 0 Å². The smallest absolute Gasteiger partial charge is 0.318 e. The Morgan fingerprint density at radius 2 is 1.90 bits per heavy atom. The molecule has 0 saturated heterocycles. The van der Waals surface area contributed by atoms with Crippen LogP contribution in [0.5, 0.6) is 11.5 Å². The van der Waals surface area contributed by atoms with Crippen LogP contribution < -0.4 is 14.8 Å². The average Bonchev–Trinajstić information content (AvgIpc) is 3.58. The summed E-state index contributed by atoms with van der Waals surface area (Å²) >= 11 is 0. The number of terminal acetylenes is 1. The molecule has 1 atom stereocenters. The van der Waals surface area contributed by atoms with Gasteiger partial charge >= 0.3 is 6.03 Å². The lowest BCUT2D eigenvalue weighted by molar-refractivity contribution is 0.171. The second-order valence-electron chi connectivity index (χ2n) is 7.35. The maximum Gasteiger partial charge on any atom is 0.318 e. The molecule has 5 nitrogen and oxygen atoms in total. The molecule has 2 amide bonds. The number of fused-ring (bicyclic) bond motifs is 1. The van der Waals surface area contributed by atoms with Crippen LogP contribution in [-0.4, -0.2) is 30.7 Å². The van der Waals surface area contributed by atoms with Crippen molar-refractivity contribution in [2.75, 3.05) is 19.8 Å². The molecule has 2 aromatic rings. The standard InChI is InChI=1S/C23H23FN2O3/c1-2-11-26(15-16-3-8-19(24)9-4-16)23(27)25-22(17-5-6-17)18-7-10-20-21(14-18)29-13-12-28-20/h1,3-4,7-10,14,17,22H,5-6,11-13,15H2,(H,25,27). The molecule has 6 heteroatoms. The van der Waals surface area contributed by atoms with Gasteiger partial charge in [0.05, 0.1) is 12.6 Å². The Balaban J connectivity index is 1.50. The summed E-state index contributed by atoms with van der Waals surface area (Å²) in [5.74, 6) is 4.05. The molecule has 0 bridgehead atoms. The highest BCUT2D eigenvalue weighted by Gasteiger charge is 2.35. The molecule has 1 aliphatic carbocycles. The summed E-state index contributed by atoms with van der Waals surface area (Å²) < 4.78 is 24.4. The zero-order chi connectivity index (χ0) is 20.2. The zero-order valence-electron chi connectivity index (χ0n) is 16.1. The molecule has 1 heterocycles. The largest absolute Gasteiger partial charge is 0.486 e. The predicted octanol–water partition coefficient (Wildman–Crippen LogP) is 3.89. The number of urea groups is 1. The van der Waals surface area contributed by atoms with Gasteiger partial charge < -0.3 is 19.7 Å². The van der Waals surface area contributed by atoms with Gasteiger partial charge in [-0.05, 0) is 54.2 Å². The Morgan fingerprint density at radius 1 is 1.17 bits per heavy atom. The molecule has 0 aromatic heterocycles. The summed E-state index contributed by atoms with van der Waals surface area (Å²) in [6.07, 6.45) is 7.60. The Kier molecular flexibility index (Phi) is 5.57. The lowest BCUT2D eigenvalue weighted by Gasteiger charge is -2.27. The van der Waals surface area contributed by atoms with Crippen molar-refractivity contribution < 1.29 is 18.7 Å². The molecule has 1 unspecified atom stereocenters. The molecule has 150 valence electrons. The van der Waals surface area contributed by atoms with Crippen LogP contribution in [0.25, 0.3) is 0 Å². The maximum atomic E-state index is 13.2. The lowest BCUT2D eigenvalue weighted by Crippen LogP contribution is -2.42. The first kappa shape index (κ1) is 19.1. The Bertz CT molecular complexity index is 919. The van der Waals surface area contributed by atoms with E-state index in [-0.39, 0.29) is 24.4 Å².